The number of hydrogen-bond acceptors (Lipinski definition) is 5. The van der Waals surface area contributed by atoms with Crippen molar-refractivity contribution in [3.05, 3.63) is 10.4 Å². The van der Waals surface area contributed by atoms with E-state index in [1.807, 2.05) is 0 Å². The Morgan fingerprint density at radius 3 is 2.43 bits per heavy atom. The van der Waals surface area contributed by atoms with Gasteiger partial charge in [0, 0.05) is 17.9 Å². The van der Waals surface area contributed by atoms with E-state index in [1.165, 1.54) is 13.8 Å². The van der Waals surface area contributed by atoms with Gasteiger partial charge in [0.15, 0.2) is 5.78 Å². The summed E-state index contributed by atoms with van der Waals surface area (Å²) in [5, 5.41) is 8.27. The predicted molar refractivity (Wildman–Crippen MR) is 75.3 cm³/mol. The third kappa shape index (κ3) is 9.42. The van der Waals surface area contributed by atoms with Gasteiger partial charge in [-0.2, -0.15) is 0 Å². The number of azide groups is 1. The summed E-state index contributed by atoms with van der Waals surface area (Å²) < 4.78 is 5.07. The van der Waals surface area contributed by atoms with Crippen LogP contribution in [0, 0.1) is 0 Å². The standard InChI is InChI=1S/C12H21N5O4/c1-8(10(3)18)16-12(20)9(2)15-11(19)4-6-21-7-5-14-17-13/h8-9H,4-7H2,1-3H3,(H,15,19)(H,16,20). The van der Waals surface area contributed by atoms with E-state index in [-0.39, 0.29) is 37.9 Å². The van der Waals surface area contributed by atoms with Crippen molar-refractivity contribution in [1.82, 2.24) is 10.6 Å². The molecule has 0 aromatic heterocycles. The number of amides is 2. The maximum absolute atomic E-state index is 11.7. The zero-order valence-corrected chi connectivity index (χ0v) is 12.5. The second-order valence-electron chi connectivity index (χ2n) is 4.45. The maximum atomic E-state index is 11.7. The summed E-state index contributed by atoms with van der Waals surface area (Å²) in [5.74, 6) is -0.914. The van der Waals surface area contributed by atoms with Gasteiger partial charge in [-0.3, -0.25) is 14.4 Å². The van der Waals surface area contributed by atoms with Crippen molar-refractivity contribution in [1.29, 1.82) is 0 Å². The number of carbonyl (C=O) groups is 3. The Bertz CT molecular complexity index is 420. The predicted octanol–water partition coefficient (Wildman–Crippen LogP) is 0.302. The first-order valence-corrected chi connectivity index (χ1v) is 6.57. The highest BCUT2D eigenvalue weighted by molar-refractivity contribution is 5.91. The number of nitrogens with zero attached hydrogens (tertiary/aromatic N) is 3. The number of ether oxygens (including phenoxy) is 1. The minimum Gasteiger partial charge on any atom is -0.381 e. The van der Waals surface area contributed by atoms with Crippen molar-refractivity contribution < 1.29 is 19.1 Å². The van der Waals surface area contributed by atoms with Crippen LogP contribution in [0.4, 0.5) is 0 Å². The molecule has 9 heteroatoms. The summed E-state index contributed by atoms with van der Waals surface area (Å²) in [6.45, 7) is 5.10. The number of hydrogen-bond donors (Lipinski definition) is 2. The number of rotatable bonds is 10. The van der Waals surface area contributed by atoms with Crippen LogP contribution in [0.1, 0.15) is 27.2 Å². The lowest BCUT2D eigenvalue weighted by Crippen LogP contribution is -2.49. The molecular formula is C12H21N5O4. The van der Waals surface area contributed by atoms with Gasteiger partial charge in [0.1, 0.15) is 6.04 Å². The minimum atomic E-state index is -0.734. The molecule has 0 aromatic carbocycles. The van der Waals surface area contributed by atoms with Crippen LogP contribution in [0.15, 0.2) is 5.11 Å². The molecule has 2 unspecified atom stereocenters. The molecule has 0 spiro atoms. The van der Waals surface area contributed by atoms with Crippen LogP contribution in [0.5, 0.6) is 0 Å². The van der Waals surface area contributed by atoms with Crippen LogP contribution in [0.25, 0.3) is 10.4 Å². The summed E-state index contributed by atoms with van der Waals surface area (Å²) in [5.41, 5.74) is 8.04. The van der Waals surface area contributed by atoms with Gasteiger partial charge in [-0.15, -0.1) is 0 Å². The summed E-state index contributed by atoms with van der Waals surface area (Å²) in [4.78, 5) is 36.8. The van der Waals surface area contributed by atoms with E-state index in [0.29, 0.717) is 0 Å². The number of Topliss-reactive ketones (excluding diaryl/α,β-unsaturated/α-hetero) is 1. The molecular weight excluding hydrogens is 278 g/mol. The number of ketones is 1. The van der Waals surface area contributed by atoms with Crippen molar-refractivity contribution in [2.24, 2.45) is 5.11 Å². The molecule has 0 saturated heterocycles. The first kappa shape index (κ1) is 18.9. The maximum Gasteiger partial charge on any atom is 0.242 e. The SMILES string of the molecule is CC(=O)C(C)NC(=O)C(C)NC(=O)CCOCCN=[N+]=[N-]. The Morgan fingerprint density at radius 2 is 1.86 bits per heavy atom. The van der Waals surface area contributed by atoms with Crippen molar-refractivity contribution in [3.63, 3.8) is 0 Å². The van der Waals surface area contributed by atoms with E-state index in [9.17, 15) is 14.4 Å². The fourth-order valence-corrected chi connectivity index (χ4v) is 1.24. The van der Waals surface area contributed by atoms with E-state index < -0.39 is 18.0 Å². The number of nitrogens with one attached hydrogen (secondary N) is 2. The van der Waals surface area contributed by atoms with Crippen molar-refractivity contribution in [2.45, 2.75) is 39.3 Å². The summed E-state index contributed by atoms with van der Waals surface area (Å²) in [7, 11) is 0. The lowest BCUT2D eigenvalue weighted by molar-refractivity contribution is -0.130. The normalized spacial score (nSPS) is 12.7. The first-order valence-electron chi connectivity index (χ1n) is 6.57. The van der Waals surface area contributed by atoms with Gasteiger partial charge in [-0.05, 0) is 26.3 Å². The third-order valence-electron chi connectivity index (χ3n) is 2.61. The zero-order chi connectivity index (χ0) is 16.3. The van der Waals surface area contributed by atoms with Crippen LogP contribution in [0.2, 0.25) is 0 Å². The van der Waals surface area contributed by atoms with Gasteiger partial charge in [0.25, 0.3) is 0 Å². The van der Waals surface area contributed by atoms with E-state index in [2.05, 4.69) is 20.7 Å². The van der Waals surface area contributed by atoms with Gasteiger partial charge in [-0.25, -0.2) is 0 Å². The van der Waals surface area contributed by atoms with Crippen LogP contribution >= 0.6 is 0 Å². The summed E-state index contributed by atoms with van der Waals surface area (Å²) in [6, 6.07) is -1.32. The lowest BCUT2D eigenvalue weighted by atomic mass is 10.2. The second kappa shape index (κ2) is 10.6. The van der Waals surface area contributed by atoms with Crippen molar-refractivity contribution in [3.8, 4) is 0 Å². The quantitative estimate of drug-likeness (QED) is 0.260. The van der Waals surface area contributed by atoms with Crippen molar-refractivity contribution in [2.75, 3.05) is 19.8 Å². The topological polar surface area (TPSA) is 133 Å². The summed E-state index contributed by atoms with van der Waals surface area (Å²) >= 11 is 0. The van der Waals surface area contributed by atoms with Crippen LogP contribution in [-0.2, 0) is 19.1 Å². The highest BCUT2D eigenvalue weighted by Gasteiger charge is 2.18. The summed E-state index contributed by atoms with van der Waals surface area (Å²) in [6.07, 6.45) is 0.0934. The molecule has 9 nitrogen and oxygen atoms in total. The Kier molecular flexibility index (Phi) is 9.57. The largest absolute Gasteiger partial charge is 0.381 e. The number of carbonyl (C=O) groups excluding carboxylic acids is 3. The molecule has 0 aromatic rings. The molecule has 2 N–H and O–H groups in total. The average molecular weight is 299 g/mol. The molecule has 0 aliphatic rings. The van der Waals surface area contributed by atoms with Gasteiger partial charge >= 0.3 is 0 Å². The fraction of sp³-hybridized carbons (Fsp3) is 0.750. The molecule has 0 fully saturated rings. The molecule has 0 aliphatic heterocycles. The van der Waals surface area contributed by atoms with E-state index >= 15 is 0 Å². The molecule has 21 heavy (non-hydrogen) atoms. The average Bonchev–Trinajstić information content (AvgIpc) is 2.42. The Hall–Kier alpha value is -2.12. The van der Waals surface area contributed by atoms with Crippen LogP contribution in [-0.4, -0.2) is 49.4 Å². The van der Waals surface area contributed by atoms with E-state index in [4.69, 9.17) is 10.3 Å². The Labute approximate surface area is 123 Å². The molecule has 2 amide bonds. The molecule has 0 radical (unpaired) electrons. The molecule has 0 saturated carbocycles. The molecule has 0 rings (SSSR count). The first-order chi connectivity index (χ1) is 9.88. The van der Waals surface area contributed by atoms with Crippen LogP contribution < -0.4 is 10.6 Å². The van der Waals surface area contributed by atoms with E-state index in [1.54, 1.807) is 6.92 Å². The third-order valence-corrected chi connectivity index (χ3v) is 2.61. The molecule has 2 atom stereocenters. The zero-order valence-electron chi connectivity index (χ0n) is 12.5. The molecule has 0 bridgehead atoms. The molecule has 0 aliphatic carbocycles. The van der Waals surface area contributed by atoms with Gasteiger partial charge < -0.3 is 15.4 Å². The fourth-order valence-electron chi connectivity index (χ4n) is 1.24. The lowest BCUT2D eigenvalue weighted by Gasteiger charge is -2.16. The smallest absolute Gasteiger partial charge is 0.242 e. The molecule has 118 valence electrons. The highest BCUT2D eigenvalue weighted by Crippen LogP contribution is 1.91. The van der Waals surface area contributed by atoms with E-state index in [0.717, 1.165) is 0 Å². The molecule has 0 heterocycles. The van der Waals surface area contributed by atoms with Gasteiger partial charge in [0.2, 0.25) is 11.8 Å². The van der Waals surface area contributed by atoms with Crippen LogP contribution in [0.3, 0.4) is 0 Å². The van der Waals surface area contributed by atoms with Gasteiger partial charge in [0.05, 0.1) is 19.3 Å². The Morgan fingerprint density at radius 1 is 1.19 bits per heavy atom. The van der Waals surface area contributed by atoms with Crippen molar-refractivity contribution >= 4 is 17.6 Å². The highest BCUT2D eigenvalue weighted by atomic mass is 16.5. The second-order valence-corrected chi connectivity index (χ2v) is 4.45. The Balaban J connectivity index is 3.90. The monoisotopic (exact) mass is 299 g/mol. The van der Waals surface area contributed by atoms with Gasteiger partial charge in [-0.1, -0.05) is 5.11 Å². The minimum absolute atomic E-state index is 0.0934.